The van der Waals surface area contributed by atoms with Crippen LogP contribution in [0.5, 0.6) is 0 Å². The van der Waals surface area contributed by atoms with E-state index in [1.807, 2.05) is 31.2 Å². The third-order valence-electron chi connectivity index (χ3n) is 2.74. The predicted octanol–water partition coefficient (Wildman–Crippen LogP) is 5.57. The Morgan fingerprint density at radius 3 is 2.56 bits per heavy atom. The average molecular weight is 301 g/mol. The first-order chi connectivity index (χ1) is 8.58. The van der Waals surface area contributed by atoms with Crippen molar-refractivity contribution in [3.05, 3.63) is 62.6 Å². The molecule has 0 aromatic heterocycles. The molecule has 0 bridgehead atoms. The molecule has 2 aromatic carbocycles. The van der Waals surface area contributed by atoms with Gasteiger partial charge in [0.25, 0.3) is 0 Å². The van der Waals surface area contributed by atoms with E-state index in [-0.39, 0.29) is 0 Å². The van der Waals surface area contributed by atoms with Gasteiger partial charge in [0.1, 0.15) is 0 Å². The van der Waals surface area contributed by atoms with E-state index in [2.05, 4.69) is 5.32 Å². The lowest BCUT2D eigenvalue weighted by molar-refractivity contribution is 1.14. The first-order valence-corrected chi connectivity index (χ1v) is 6.64. The Balaban J connectivity index is 2.16. The van der Waals surface area contributed by atoms with Gasteiger partial charge in [0, 0.05) is 27.3 Å². The lowest BCUT2D eigenvalue weighted by atomic mass is 10.1. The molecule has 2 aromatic rings. The van der Waals surface area contributed by atoms with Crippen LogP contribution in [0.15, 0.2) is 36.4 Å². The molecular formula is C14H12Cl3N. The molecule has 0 radical (unpaired) electrons. The van der Waals surface area contributed by atoms with Gasteiger partial charge in [0.15, 0.2) is 0 Å². The fraction of sp³-hybridized carbons (Fsp3) is 0.143. The molecule has 18 heavy (non-hydrogen) atoms. The minimum absolute atomic E-state index is 0.612. The number of nitrogens with one attached hydrogen (secondary N) is 1. The molecule has 0 unspecified atom stereocenters. The zero-order valence-electron chi connectivity index (χ0n) is 9.81. The minimum atomic E-state index is 0.612. The quantitative estimate of drug-likeness (QED) is 0.781. The van der Waals surface area contributed by atoms with Gasteiger partial charge in [-0.25, -0.2) is 0 Å². The number of benzene rings is 2. The highest BCUT2D eigenvalue weighted by Crippen LogP contribution is 2.25. The summed E-state index contributed by atoms with van der Waals surface area (Å²) in [7, 11) is 0. The summed E-state index contributed by atoms with van der Waals surface area (Å²) < 4.78 is 0. The maximum Gasteiger partial charge on any atom is 0.0456 e. The number of hydrogen-bond acceptors (Lipinski definition) is 1. The van der Waals surface area contributed by atoms with Crippen molar-refractivity contribution in [3.8, 4) is 0 Å². The van der Waals surface area contributed by atoms with Gasteiger partial charge < -0.3 is 5.32 Å². The van der Waals surface area contributed by atoms with Crippen molar-refractivity contribution in [2.45, 2.75) is 13.5 Å². The summed E-state index contributed by atoms with van der Waals surface area (Å²) >= 11 is 18.1. The van der Waals surface area contributed by atoms with Crippen molar-refractivity contribution in [2.75, 3.05) is 5.32 Å². The Hall–Kier alpha value is -0.890. The summed E-state index contributed by atoms with van der Waals surface area (Å²) in [5, 5.41) is 5.44. The van der Waals surface area contributed by atoms with E-state index in [0.29, 0.717) is 16.6 Å². The van der Waals surface area contributed by atoms with Crippen LogP contribution in [0.2, 0.25) is 15.1 Å². The van der Waals surface area contributed by atoms with Crippen LogP contribution in [0.1, 0.15) is 11.1 Å². The summed E-state index contributed by atoms with van der Waals surface area (Å²) in [6.45, 7) is 2.59. The molecule has 2 rings (SSSR count). The predicted molar refractivity (Wildman–Crippen MR) is 80.0 cm³/mol. The molecule has 0 aliphatic heterocycles. The van der Waals surface area contributed by atoms with Crippen molar-refractivity contribution in [1.82, 2.24) is 0 Å². The summed E-state index contributed by atoms with van der Waals surface area (Å²) in [5.41, 5.74) is 2.99. The van der Waals surface area contributed by atoms with E-state index in [4.69, 9.17) is 34.8 Å². The molecule has 1 nitrogen and oxygen atoms in total. The Morgan fingerprint density at radius 1 is 1.00 bits per heavy atom. The first-order valence-electron chi connectivity index (χ1n) is 5.51. The number of anilines is 1. The van der Waals surface area contributed by atoms with Crippen LogP contribution in [-0.2, 0) is 6.54 Å². The topological polar surface area (TPSA) is 12.0 Å². The molecule has 0 atom stereocenters. The minimum Gasteiger partial charge on any atom is -0.381 e. The van der Waals surface area contributed by atoms with Crippen molar-refractivity contribution in [2.24, 2.45) is 0 Å². The number of hydrogen-bond donors (Lipinski definition) is 1. The molecular weight excluding hydrogens is 289 g/mol. The molecule has 0 fully saturated rings. The van der Waals surface area contributed by atoms with Gasteiger partial charge in [-0.1, -0.05) is 40.9 Å². The second-order valence-corrected chi connectivity index (χ2v) is 5.25. The van der Waals surface area contributed by atoms with E-state index < -0.39 is 0 Å². The number of rotatable bonds is 3. The van der Waals surface area contributed by atoms with Crippen LogP contribution in [0.25, 0.3) is 0 Å². The summed E-state index contributed by atoms with van der Waals surface area (Å²) in [4.78, 5) is 0. The van der Waals surface area contributed by atoms with Crippen molar-refractivity contribution >= 4 is 40.5 Å². The SMILES string of the molecule is Cc1c(Cl)cccc1NCc1cc(Cl)ccc1Cl. The molecule has 0 aliphatic rings. The van der Waals surface area contributed by atoms with Gasteiger partial charge in [0.05, 0.1) is 0 Å². The van der Waals surface area contributed by atoms with Gasteiger partial charge in [-0.05, 0) is 48.4 Å². The van der Waals surface area contributed by atoms with Crippen molar-refractivity contribution in [3.63, 3.8) is 0 Å². The third-order valence-corrected chi connectivity index (χ3v) is 3.76. The second kappa shape index (κ2) is 5.83. The molecule has 4 heteroatoms. The molecule has 0 aliphatic carbocycles. The van der Waals surface area contributed by atoms with Crippen LogP contribution in [0.3, 0.4) is 0 Å². The van der Waals surface area contributed by atoms with Gasteiger partial charge in [0.2, 0.25) is 0 Å². The second-order valence-electron chi connectivity index (χ2n) is 4.00. The Morgan fingerprint density at radius 2 is 1.78 bits per heavy atom. The monoisotopic (exact) mass is 299 g/mol. The molecule has 94 valence electrons. The van der Waals surface area contributed by atoms with E-state index >= 15 is 0 Å². The highest BCUT2D eigenvalue weighted by molar-refractivity contribution is 6.33. The van der Waals surface area contributed by atoms with Crippen LogP contribution in [0.4, 0.5) is 5.69 Å². The Kier molecular flexibility index (Phi) is 4.39. The lowest BCUT2D eigenvalue weighted by Gasteiger charge is -2.11. The maximum atomic E-state index is 6.11. The standard InChI is InChI=1S/C14H12Cl3N/c1-9-12(16)3-2-4-14(9)18-8-10-7-11(15)5-6-13(10)17/h2-7,18H,8H2,1H3. The van der Waals surface area contributed by atoms with Crippen LogP contribution in [0, 0.1) is 6.92 Å². The summed E-state index contributed by atoms with van der Waals surface area (Å²) in [6, 6.07) is 11.2. The van der Waals surface area contributed by atoms with Crippen LogP contribution in [-0.4, -0.2) is 0 Å². The molecule has 0 heterocycles. The van der Waals surface area contributed by atoms with Gasteiger partial charge in [-0.2, -0.15) is 0 Å². The highest BCUT2D eigenvalue weighted by atomic mass is 35.5. The van der Waals surface area contributed by atoms with Crippen molar-refractivity contribution in [1.29, 1.82) is 0 Å². The van der Waals surface area contributed by atoms with E-state index in [0.717, 1.165) is 21.8 Å². The fourth-order valence-electron chi connectivity index (χ4n) is 1.67. The fourth-order valence-corrected chi connectivity index (χ4v) is 2.22. The smallest absolute Gasteiger partial charge is 0.0456 e. The van der Waals surface area contributed by atoms with E-state index in [1.54, 1.807) is 12.1 Å². The molecule has 1 N–H and O–H groups in total. The van der Waals surface area contributed by atoms with Crippen molar-refractivity contribution < 1.29 is 0 Å². The first kappa shape index (κ1) is 13.5. The Labute approximate surface area is 122 Å². The van der Waals surface area contributed by atoms with Crippen LogP contribution < -0.4 is 5.32 Å². The van der Waals surface area contributed by atoms with Gasteiger partial charge in [-0.15, -0.1) is 0 Å². The highest BCUT2D eigenvalue weighted by Gasteiger charge is 2.04. The van der Waals surface area contributed by atoms with E-state index in [1.165, 1.54) is 0 Å². The van der Waals surface area contributed by atoms with E-state index in [9.17, 15) is 0 Å². The zero-order valence-corrected chi connectivity index (χ0v) is 12.1. The summed E-state index contributed by atoms with van der Waals surface area (Å²) in [5.74, 6) is 0. The van der Waals surface area contributed by atoms with Crippen LogP contribution >= 0.6 is 34.8 Å². The zero-order chi connectivity index (χ0) is 13.1. The average Bonchev–Trinajstić information content (AvgIpc) is 2.35. The molecule has 0 amide bonds. The summed E-state index contributed by atoms with van der Waals surface area (Å²) in [6.07, 6.45) is 0. The van der Waals surface area contributed by atoms with Gasteiger partial charge >= 0.3 is 0 Å². The molecule has 0 saturated heterocycles. The molecule has 0 saturated carbocycles. The number of halogens is 3. The normalized spacial score (nSPS) is 10.4. The molecule has 0 spiro atoms. The third kappa shape index (κ3) is 3.11. The largest absolute Gasteiger partial charge is 0.381 e. The Bertz CT molecular complexity index is 565. The maximum absolute atomic E-state index is 6.11. The van der Waals surface area contributed by atoms with Gasteiger partial charge in [-0.3, -0.25) is 0 Å². The lowest BCUT2D eigenvalue weighted by Crippen LogP contribution is -2.01.